The Morgan fingerprint density at radius 3 is 1.81 bits per heavy atom. The van der Waals surface area contributed by atoms with Crippen molar-refractivity contribution < 1.29 is 0 Å². The van der Waals surface area contributed by atoms with Gasteiger partial charge in [0.15, 0.2) is 0 Å². The van der Waals surface area contributed by atoms with E-state index in [0.717, 1.165) is 23.3 Å². The monoisotopic (exact) mass is 474 g/mol. The molecule has 0 atom stereocenters. The minimum atomic E-state index is 0.859. The lowest BCUT2D eigenvalue weighted by atomic mass is 9.89. The lowest BCUT2D eigenvalue weighted by Crippen LogP contribution is -2.03. The van der Waals surface area contributed by atoms with Crippen LogP contribution in [0, 0.1) is 0 Å². The second-order valence-corrected chi connectivity index (χ2v) is 9.47. The number of aromatic nitrogens is 2. The Morgan fingerprint density at radius 2 is 1.11 bits per heavy atom. The van der Waals surface area contributed by atoms with Crippen LogP contribution < -0.4 is 0 Å². The summed E-state index contributed by atoms with van der Waals surface area (Å²) in [6.07, 6.45) is 0.859. The summed E-state index contributed by atoms with van der Waals surface area (Å²) in [6, 6.07) is 45.7. The highest BCUT2D eigenvalue weighted by Gasteiger charge is 2.20. The highest BCUT2D eigenvalue weighted by atomic mass is 15.1. The van der Waals surface area contributed by atoms with E-state index in [1.54, 1.807) is 0 Å². The molecule has 7 rings (SSSR count). The van der Waals surface area contributed by atoms with Crippen LogP contribution in [0.3, 0.4) is 0 Å². The zero-order chi connectivity index (χ0) is 24.8. The van der Waals surface area contributed by atoms with E-state index in [1.807, 2.05) is 0 Å². The fourth-order valence-electron chi connectivity index (χ4n) is 5.70. The Morgan fingerprint density at radius 1 is 0.541 bits per heavy atom. The van der Waals surface area contributed by atoms with Crippen molar-refractivity contribution in [1.82, 2.24) is 9.55 Å². The number of aryl methyl sites for hydroxylation is 1. The molecule has 0 saturated heterocycles. The number of imidazole rings is 1. The molecule has 37 heavy (non-hydrogen) atoms. The van der Waals surface area contributed by atoms with Crippen molar-refractivity contribution in [2.45, 2.75) is 13.3 Å². The maximum atomic E-state index is 5.01. The normalized spacial score (nSPS) is 11.5. The molecule has 6 aromatic carbocycles. The molecule has 7 aromatic rings. The molecule has 0 aliphatic heterocycles. The van der Waals surface area contributed by atoms with Crippen molar-refractivity contribution >= 4 is 32.6 Å². The zero-order valence-corrected chi connectivity index (χ0v) is 20.7. The van der Waals surface area contributed by atoms with Gasteiger partial charge in [-0.05, 0) is 51.2 Å². The quantitative estimate of drug-likeness (QED) is 0.232. The molecule has 0 bridgehead atoms. The van der Waals surface area contributed by atoms with Crippen molar-refractivity contribution in [1.29, 1.82) is 0 Å². The first-order chi connectivity index (χ1) is 18.3. The molecule has 2 heteroatoms. The number of hydrogen-bond donors (Lipinski definition) is 0. The summed E-state index contributed by atoms with van der Waals surface area (Å²) in [5.41, 5.74) is 8.35. The van der Waals surface area contributed by atoms with Crippen LogP contribution in [0.15, 0.2) is 127 Å². The summed E-state index contributed by atoms with van der Waals surface area (Å²) in [5.74, 6) is 1.08. The minimum Gasteiger partial charge on any atom is -0.295 e. The number of benzene rings is 6. The molecular weight excluding hydrogens is 448 g/mol. The van der Waals surface area contributed by atoms with Gasteiger partial charge in [0.25, 0.3) is 0 Å². The van der Waals surface area contributed by atoms with Crippen molar-refractivity contribution in [3.63, 3.8) is 0 Å². The molecule has 0 N–H and O–H groups in total. The fraction of sp³-hybridized carbons (Fsp3) is 0.0571. The molecule has 0 saturated carbocycles. The van der Waals surface area contributed by atoms with E-state index in [9.17, 15) is 0 Å². The third-order valence-corrected chi connectivity index (χ3v) is 7.33. The van der Waals surface area contributed by atoms with Gasteiger partial charge in [-0.3, -0.25) is 4.57 Å². The van der Waals surface area contributed by atoms with E-state index in [-0.39, 0.29) is 0 Å². The topological polar surface area (TPSA) is 17.8 Å². The first kappa shape index (κ1) is 21.6. The van der Waals surface area contributed by atoms with Gasteiger partial charge in [0.1, 0.15) is 5.82 Å². The van der Waals surface area contributed by atoms with Crippen LogP contribution in [0.25, 0.3) is 60.5 Å². The summed E-state index contributed by atoms with van der Waals surface area (Å²) in [7, 11) is 0. The molecule has 0 spiro atoms. The van der Waals surface area contributed by atoms with Crippen molar-refractivity contribution in [3.05, 3.63) is 133 Å². The molecule has 0 aliphatic rings. The van der Waals surface area contributed by atoms with E-state index in [1.165, 1.54) is 49.5 Å². The van der Waals surface area contributed by atoms with Gasteiger partial charge >= 0.3 is 0 Å². The molecule has 2 nitrogen and oxygen atoms in total. The van der Waals surface area contributed by atoms with Gasteiger partial charge in [-0.2, -0.15) is 0 Å². The van der Waals surface area contributed by atoms with Crippen molar-refractivity contribution in [2.24, 2.45) is 0 Å². The molecule has 0 radical (unpaired) electrons. The Balaban J connectivity index is 1.60. The van der Waals surface area contributed by atoms with Gasteiger partial charge < -0.3 is 0 Å². The smallest absolute Gasteiger partial charge is 0.114 e. The van der Waals surface area contributed by atoms with Crippen LogP contribution in [0.1, 0.15) is 12.7 Å². The number of nitrogens with zero attached hydrogens (tertiary/aromatic N) is 2. The van der Waals surface area contributed by atoms with E-state index in [4.69, 9.17) is 4.98 Å². The summed E-state index contributed by atoms with van der Waals surface area (Å²) >= 11 is 0. The number of para-hydroxylation sites is 2. The average molecular weight is 475 g/mol. The molecule has 1 heterocycles. The largest absolute Gasteiger partial charge is 0.295 e. The molecule has 0 aliphatic carbocycles. The van der Waals surface area contributed by atoms with E-state index < -0.39 is 0 Å². The molecule has 0 amide bonds. The van der Waals surface area contributed by atoms with E-state index in [2.05, 4.69) is 139 Å². The van der Waals surface area contributed by atoms with Crippen LogP contribution in [-0.4, -0.2) is 9.55 Å². The Kier molecular flexibility index (Phi) is 5.11. The Bertz CT molecular complexity index is 1850. The van der Waals surface area contributed by atoms with Gasteiger partial charge in [-0.25, -0.2) is 4.98 Å². The predicted molar refractivity (Wildman–Crippen MR) is 156 cm³/mol. The molecule has 176 valence electrons. The SMILES string of the molecule is CCc1nc2ccccc2n1-c1c2ccccc2c(-c2cccc(-c3ccccc3)c2)c2ccccc12. The summed E-state index contributed by atoms with van der Waals surface area (Å²) in [4.78, 5) is 5.01. The first-order valence-corrected chi connectivity index (χ1v) is 12.9. The lowest BCUT2D eigenvalue weighted by molar-refractivity contribution is 0.917. The summed E-state index contributed by atoms with van der Waals surface area (Å²) in [5, 5.41) is 4.97. The fourth-order valence-corrected chi connectivity index (χ4v) is 5.70. The highest BCUT2D eigenvalue weighted by molar-refractivity contribution is 6.18. The average Bonchev–Trinajstić information content (AvgIpc) is 3.34. The second-order valence-electron chi connectivity index (χ2n) is 9.47. The minimum absolute atomic E-state index is 0.859. The van der Waals surface area contributed by atoms with Crippen LogP contribution in [-0.2, 0) is 6.42 Å². The van der Waals surface area contributed by atoms with E-state index >= 15 is 0 Å². The van der Waals surface area contributed by atoms with Crippen LogP contribution in [0.2, 0.25) is 0 Å². The standard InChI is InChI=1S/C35H26N2/c1-2-33-36-31-21-10-11-22-32(31)37(33)35-29-19-8-6-17-27(29)34(28-18-7-9-20-30(28)35)26-16-12-15-25(23-26)24-13-4-3-5-14-24/h3-23H,2H2,1H3. The first-order valence-electron chi connectivity index (χ1n) is 12.9. The number of fused-ring (bicyclic) bond motifs is 3. The van der Waals surface area contributed by atoms with Crippen LogP contribution in [0.4, 0.5) is 0 Å². The lowest BCUT2D eigenvalue weighted by Gasteiger charge is -2.20. The zero-order valence-electron chi connectivity index (χ0n) is 20.7. The molecule has 0 unspecified atom stereocenters. The van der Waals surface area contributed by atoms with Crippen molar-refractivity contribution in [3.8, 4) is 27.9 Å². The summed E-state index contributed by atoms with van der Waals surface area (Å²) < 4.78 is 2.38. The van der Waals surface area contributed by atoms with Gasteiger partial charge in [0, 0.05) is 17.2 Å². The maximum Gasteiger partial charge on any atom is 0.114 e. The van der Waals surface area contributed by atoms with E-state index in [0.29, 0.717) is 0 Å². The Labute approximate surface area is 216 Å². The third kappa shape index (κ3) is 3.45. The maximum absolute atomic E-state index is 5.01. The second kappa shape index (κ2) is 8.76. The number of rotatable bonds is 4. The van der Waals surface area contributed by atoms with Gasteiger partial charge in [0.2, 0.25) is 0 Å². The van der Waals surface area contributed by atoms with Gasteiger partial charge in [0.05, 0.1) is 16.7 Å². The third-order valence-electron chi connectivity index (χ3n) is 7.33. The van der Waals surface area contributed by atoms with Crippen LogP contribution >= 0.6 is 0 Å². The van der Waals surface area contributed by atoms with Gasteiger partial charge in [-0.15, -0.1) is 0 Å². The highest BCUT2D eigenvalue weighted by Crippen LogP contribution is 2.42. The Hall–Kier alpha value is -4.69. The predicted octanol–water partition coefficient (Wildman–Crippen LogP) is 9.23. The van der Waals surface area contributed by atoms with Gasteiger partial charge in [-0.1, -0.05) is 116 Å². The van der Waals surface area contributed by atoms with Crippen LogP contribution in [0.5, 0.6) is 0 Å². The number of hydrogen-bond acceptors (Lipinski definition) is 1. The molecule has 1 aromatic heterocycles. The van der Waals surface area contributed by atoms with Crippen molar-refractivity contribution in [2.75, 3.05) is 0 Å². The molecular formula is C35H26N2. The summed E-state index contributed by atoms with van der Waals surface area (Å²) in [6.45, 7) is 2.19. The molecule has 0 fully saturated rings.